The number of nitrogens with one attached hydrogen (secondary N) is 2. The molecule has 0 aliphatic carbocycles. The van der Waals surface area contributed by atoms with E-state index in [0.29, 0.717) is 37.0 Å². The number of benzene rings is 1. The first-order valence-electron chi connectivity index (χ1n) is 7.50. The first kappa shape index (κ1) is 15.4. The van der Waals surface area contributed by atoms with E-state index in [-0.39, 0.29) is 18.2 Å². The van der Waals surface area contributed by atoms with Gasteiger partial charge in [0, 0.05) is 25.6 Å². The number of rotatable bonds is 5. The van der Waals surface area contributed by atoms with Gasteiger partial charge in [0.15, 0.2) is 0 Å². The summed E-state index contributed by atoms with van der Waals surface area (Å²) >= 11 is 0. The van der Waals surface area contributed by atoms with Gasteiger partial charge in [-0.05, 0) is 36.6 Å². The Morgan fingerprint density at radius 3 is 2.35 bits per heavy atom. The fraction of sp³-hybridized carbons (Fsp3) is 0.375. The average molecular weight is 315 g/mol. The average Bonchev–Trinajstić information content (AvgIpc) is 3.07. The van der Waals surface area contributed by atoms with Gasteiger partial charge in [0.25, 0.3) is 11.8 Å². The van der Waals surface area contributed by atoms with Crippen LogP contribution in [0.5, 0.6) is 0 Å². The van der Waals surface area contributed by atoms with Gasteiger partial charge < -0.3 is 5.32 Å². The van der Waals surface area contributed by atoms with Gasteiger partial charge >= 0.3 is 0 Å². The highest BCUT2D eigenvalue weighted by Crippen LogP contribution is 2.30. The predicted octanol–water partition coefficient (Wildman–Crippen LogP) is 0.327. The number of fused-ring (bicyclic) bond motifs is 2. The second kappa shape index (κ2) is 5.92. The highest BCUT2D eigenvalue weighted by Gasteiger charge is 2.39. The number of carbonyl (C=O) groups is 4. The molecule has 1 unspecified atom stereocenters. The number of amides is 4. The Kier molecular flexibility index (Phi) is 3.96. The lowest BCUT2D eigenvalue weighted by Crippen LogP contribution is -2.38. The van der Waals surface area contributed by atoms with Crippen LogP contribution < -0.4 is 10.6 Å². The Morgan fingerprint density at radius 2 is 1.83 bits per heavy atom. The number of hydrogen-bond donors (Lipinski definition) is 2. The molecule has 120 valence electrons. The maximum absolute atomic E-state index is 12.5. The summed E-state index contributed by atoms with van der Waals surface area (Å²) in [5.74, 6) is -1.06. The minimum atomic E-state index is -0.423. The van der Waals surface area contributed by atoms with Gasteiger partial charge in [-0.3, -0.25) is 29.4 Å². The summed E-state index contributed by atoms with van der Waals surface area (Å²) in [7, 11) is 0. The van der Waals surface area contributed by atoms with Crippen molar-refractivity contribution in [2.45, 2.75) is 38.9 Å². The number of carbonyl (C=O) groups excluding carboxylic acids is 4. The SMILES string of the molecule is CC(CCC(=O)NC=O)N1C(=O)c2cc3c(cc2C1=O)CNC3. The van der Waals surface area contributed by atoms with Crippen molar-refractivity contribution < 1.29 is 19.2 Å². The van der Waals surface area contributed by atoms with Crippen LogP contribution >= 0.6 is 0 Å². The van der Waals surface area contributed by atoms with Gasteiger partial charge in [0.2, 0.25) is 12.3 Å². The van der Waals surface area contributed by atoms with Crippen molar-refractivity contribution in [3.8, 4) is 0 Å². The maximum atomic E-state index is 12.5. The zero-order chi connectivity index (χ0) is 16.6. The van der Waals surface area contributed by atoms with Crippen LogP contribution in [0.4, 0.5) is 0 Å². The van der Waals surface area contributed by atoms with Crippen LogP contribution in [0.15, 0.2) is 12.1 Å². The summed E-state index contributed by atoms with van der Waals surface area (Å²) in [6.45, 7) is 3.13. The first-order chi connectivity index (χ1) is 11.0. The van der Waals surface area contributed by atoms with Gasteiger partial charge in [0.1, 0.15) is 0 Å². The van der Waals surface area contributed by atoms with Crippen molar-refractivity contribution in [1.29, 1.82) is 0 Å². The minimum Gasteiger partial charge on any atom is -0.309 e. The molecule has 0 radical (unpaired) electrons. The van der Waals surface area contributed by atoms with Crippen LogP contribution in [0.1, 0.15) is 51.6 Å². The van der Waals surface area contributed by atoms with Gasteiger partial charge in [-0.2, -0.15) is 0 Å². The second-order valence-electron chi connectivity index (χ2n) is 5.82. The minimum absolute atomic E-state index is 0.0771. The molecule has 0 saturated heterocycles. The van der Waals surface area contributed by atoms with Crippen LogP contribution in [0, 0.1) is 0 Å². The van der Waals surface area contributed by atoms with Gasteiger partial charge in [-0.25, -0.2) is 0 Å². The van der Waals surface area contributed by atoms with E-state index < -0.39 is 11.9 Å². The molecule has 1 aromatic carbocycles. The lowest BCUT2D eigenvalue weighted by atomic mass is 10.0. The third-order valence-corrected chi connectivity index (χ3v) is 4.32. The van der Waals surface area contributed by atoms with E-state index in [0.717, 1.165) is 11.1 Å². The van der Waals surface area contributed by atoms with Crippen LogP contribution in [-0.4, -0.2) is 35.1 Å². The van der Waals surface area contributed by atoms with E-state index in [1.165, 1.54) is 4.90 Å². The molecule has 1 aromatic rings. The number of nitrogens with zero attached hydrogens (tertiary/aromatic N) is 1. The van der Waals surface area contributed by atoms with Crippen LogP contribution in [0.2, 0.25) is 0 Å². The fourth-order valence-electron chi connectivity index (χ4n) is 3.06. The molecule has 0 saturated carbocycles. The Bertz CT molecular complexity index is 671. The van der Waals surface area contributed by atoms with Crippen LogP contribution in [0.3, 0.4) is 0 Å². The van der Waals surface area contributed by atoms with E-state index in [1.54, 1.807) is 19.1 Å². The van der Waals surface area contributed by atoms with Crippen LogP contribution in [-0.2, 0) is 22.7 Å². The molecule has 2 aliphatic heterocycles. The van der Waals surface area contributed by atoms with Crippen molar-refractivity contribution in [2.24, 2.45) is 0 Å². The quantitative estimate of drug-likeness (QED) is 0.603. The molecule has 4 amide bonds. The molecule has 23 heavy (non-hydrogen) atoms. The molecular formula is C16H17N3O4. The van der Waals surface area contributed by atoms with Gasteiger partial charge in [0.05, 0.1) is 11.1 Å². The lowest BCUT2D eigenvalue weighted by Gasteiger charge is -2.22. The van der Waals surface area contributed by atoms with Gasteiger partial charge in [-0.15, -0.1) is 0 Å². The molecule has 0 fully saturated rings. The van der Waals surface area contributed by atoms with Crippen molar-refractivity contribution in [2.75, 3.05) is 0 Å². The summed E-state index contributed by atoms with van der Waals surface area (Å²) in [6.07, 6.45) is 0.713. The largest absolute Gasteiger partial charge is 0.309 e. The van der Waals surface area contributed by atoms with E-state index in [9.17, 15) is 19.2 Å². The van der Waals surface area contributed by atoms with E-state index in [4.69, 9.17) is 0 Å². The number of imide groups is 2. The second-order valence-corrected chi connectivity index (χ2v) is 5.82. The fourth-order valence-corrected chi connectivity index (χ4v) is 3.06. The summed E-state index contributed by atoms with van der Waals surface area (Å²) in [4.78, 5) is 47.9. The predicted molar refractivity (Wildman–Crippen MR) is 80.4 cm³/mol. The molecular weight excluding hydrogens is 298 g/mol. The zero-order valence-electron chi connectivity index (χ0n) is 12.7. The van der Waals surface area contributed by atoms with Crippen molar-refractivity contribution in [1.82, 2.24) is 15.5 Å². The molecule has 2 heterocycles. The molecule has 0 aromatic heterocycles. The number of hydrogen-bond acceptors (Lipinski definition) is 5. The monoisotopic (exact) mass is 315 g/mol. The third-order valence-electron chi connectivity index (χ3n) is 4.32. The maximum Gasteiger partial charge on any atom is 0.261 e. The first-order valence-corrected chi connectivity index (χ1v) is 7.50. The van der Waals surface area contributed by atoms with Crippen molar-refractivity contribution in [3.63, 3.8) is 0 Å². The molecule has 1 atom stereocenters. The molecule has 2 N–H and O–H groups in total. The summed E-state index contributed by atoms with van der Waals surface area (Å²) in [5, 5.41) is 5.24. The molecule has 0 spiro atoms. The smallest absolute Gasteiger partial charge is 0.261 e. The Labute approximate surface area is 133 Å². The Morgan fingerprint density at radius 1 is 1.26 bits per heavy atom. The normalized spacial score (nSPS) is 17.0. The molecule has 2 aliphatic rings. The van der Waals surface area contributed by atoms with Crippen LogP contribution in [0.25, 0.3) is 0 Å². The van der Waals surface area contributed by atoms with Crippen molar-refractivity contribution >= 4 is 24.1 Å². The molecule has 7 heteroatoms. The van der Waals surface area contributed by atoms with E-state index in [2.05, 4.69) is 5.32 Å². The Hall–Kier alpha value is -2.54. The van der Waals surface area contributed by atoms with Crippen molar-refractivity contribution in [3.05, 3.63) is 34.4 Å². The topological polar surface area (TPSA) is 95.6 Å². The summed E-state index contributed by atoms with van der Waals surface area (Å²) in [6, 6.07) is 3.17. The lowest BCUT2D eigenvalue weighted by molar-refractivity contribution is -0.125. The summed E-state index contributed by atoms with van der Waals surface area (Å²) in [5.41, 5.74) is 2.96. The molecule has 3 rings (SSSR count). The van der Waals surface area contributed by atoms with E-state index >= 15 is 0 Å². The molecule has 0 bridgehead atoms. The third kappa shape index (κ3) is 2.63. The summed E-state index contributed by atoms with van der Waals surface area (Å²) < 4.78 is 0. The Balaban J connectivity index is 1.77. The highest BCUT2D eigenvalue weighted by molar-refractivity contribution is 6.21. The zero-order valence-corrected chi connectivity index (χ0v) is 12.7. The van der Waals surface area contributed by atoms with E-state index in [1.807, 2.05) is 5.32 Å². The highest BCUT2D eigenvalue weighted by atomic mass is 16.2. The van der Waals surface area contributed by atoms with Gasteiger partial charge in [-0.1, -0.05) is 0 Å². The molecule has 7 nitrogen and oxygen atoms in total. The standard InChI is InChI=1S/C16H17N3O4/c1-9(2-3-14(21)18-8-20)19-15(22)12-4-10-6-17-7-11(10)5-13(12)16(19)23/h4-5,8-9,17H,2-3,6-7H2,1H3,(H,18,20,21).